The average Bonchev–Trinajstić information content (AvgIpc) is 3.48. The van der Waals surface area contributed by atoms with Gasteiger partial charge < -0.3 is 24.3 Å². The van der Waals surface area contributed by atoms with E-state index in [1.807, 2.05) is 0 Å². The highest BCUT2D eigenvalue weighted by atomic mass is 19.1. The van der Waals surface area contributed by atoms with Crippen molar-refractivity contribution >= 4 is 22.9 Å². The van der Waals surface area contributed by atoms with E-state index in [-0.39, 0.29) is 40.9 Å². The van der Waals surface area contributed by atoms with E-state index in [1.165, 1.54) is 41.8 Å². The first-order valence-electron chi connectivity index (χ1n) is 12.0. The first kappa shape index (κ1) is 24.7. The monoisotopic (exact) mass is 506 g/mol. The van der Waals surface area contributed by atoms with Gasteiger partial charge in [0.05, 0.1) is 34.9 Å². The van der Waals surface area contributed by atoms with Crippen molar-refractivity contribution in [2.45, 2.75) is 39.1 Å². The highest BCUT2D eigenvalue weighted by Crippen LogP contribution is 2.31. The SMILES string of the molecule is CC(O)=c1cc(C(=O)Nc2cc(COC3CCCCO3)cc(-c3cnn(C)c3)c2F)c2cc(=O)ccn12. The molecule has 4 aromatic rings. The molecule has 1 amide bonds. The van der Waals surface area contributed by atoms with Gasteiger partial charge in [-0.25, -0.2) is 4.39 Å². The van der Waals surface area contributed by atoms with Gasteiger partial charge in [-0.15, -0.1) is 0 Å². The van der Waals surface area contributed by atoms with Gasteiger partial charge in [-0.05, 0) is 49.9 Å². The third kappa shape index (κ3) is 5.11. The van der Waals surface area contributed by atoms with Gasteiger partial charge in [0.25, 0.3) is 5.91 Å². The number of hydrogen-bond acceptors (Lipinski definition) is 6. The van der Waals surface area contributed by atoms with Crippen molar-refractivity contribution in [3.8, 4) is 11.1 Å². The molecule has 0 saturated carbocycles. The van der Waals surface area contributed by atoms with Gasteiger partial charge in [0.2, 0.25) is 0 Å². The summed E-state index contributed by atoms with van der Waals surface area (Å²) in [5, 5.41) is 17.2. The number of nitrogens with zero attached hydrogens (tertiary/aromatic N) is 3. The summed E-state index contributed by atoms with van der Waals surface area (Å²) in [5.41, 5.74) is 1.54. The van der Waals surface area contributed by atoms with E-state index in [4.69, 9.17) is 9.47 Å². The number of carbonyl (C=O) groups excluding carboxylic acids is 1. The van der Waals surface area contributed by atoms with Crippen LogP contribution < -0.4 is 16.1 Å². The lowest BCUT2D eigenvalue weighted by atomic mass is 10.0. The minimum Gasteiger partial charge on any atom is -0.510 e. The molecule has 1 aliphatic rings. The van der Waals surface area contributed by atoms with Crippen molar-refractivity contribution < 1.29 is 23.8 Å². The number of anilines is 1. The number of ether oxygens (including phenoxy) is 2. The van der Waals surface area contributed by atoms with E-state index in [0.717, 1.165) is 19.3 Å². The molecule has 0 spiro atoms. The molecule has 0 bridgehead atoms. The highest BCUT2D eigenvalue weighted by Gasteiger charge is 2.21. The standard InChI is InChI=1S/C27H27FN4O5/c1-16(33)23-12-21(24-11-19(34)6-7-32(23)24)27(35)30-22-10-17(15-37-25-5-3-4-8-36-25)9-20(26(22)28)18-13-29-31(2)14-18/h6-7,9-14,25,33H,3-5,8,15H2,1-2H3,(H,30,35). The molecule has 2 N–H and O–H groups in total. The molecule has 0 radical (unpaired) electrons. The normalized spacial score (nSPS) is 16.7. The molecule has 1 saturated heterocycles. The molecule has 5 rings (SSSR count). The lowest BCUT2D eigenvalue weighted by Crippen LogP contribution is -2.22. The molecule has 192 valence electrons. The van der Waals surface area contributed by atoms with Crippen molar-refractivity contribution in [1.82, 2.24) is 14.2 Å². The summed E-state index contributed by atoms with van der Waals surface area (Å²) in [5.74, 6) is -1.28. The van der Waals surface area contributed by atoms with Crippen LogP contribution >= 0.6 is 0 Å². The van der Waals surface area contributed by atoms with Gasteiger partial charge in [0.1, 0.15) is 5.76 Å². The quantitative estimate of drug-likeness (QED) is 0.414. The number of aryl methyl sites for hydroxylation is 1. The average molecular weight is 507 g/mol. The lowest BCUT2D eigenvalue weighted by molar-refractivity contribution is -0.168. The third-order valence-corrected chi connectivity index (χ3v) is 6.33. The summed E-state index contributed by atoms with van der Waals surface area (Å²) in [6.07, 6.45) is 7.17. The van der Waals surface area contributed by atoms with Crippen LogP contribution in [0.5, 0.6) is 0 Å². The maximum absolute atomic E-state index is 15.7. The van der Waals surface area contributed by atoms with E-state index in [2.05, 4.69) is 10.4 Å². The Hall–Kier alpha value is -4.02. The summed E-state index contributed by atoms with van der Waals surface area (Å²) in [7, 11) is 1.73. The number of hydrogen-bond donors (Lipinski definition) is 2. The number of amides is 1. The molecule has 37 heavy (non-hydrogen) atoms. The Morgan fingerprint density at radius 3 is 2.84 bits per heavy atom. The molecule has 1 aliphatic heterocycles. The maximum atomic E-state index is 15.7. The van der Waals surface area contributed by atoms with Gasteiger partial charge in [0.15, 0.2) is 17.5 Å². The molecule has 0 aliphatic carbocycles. The van der Waals surface area contributed by atoms with Crippen LogP contribution in [0.15, 0.2) is 53.7 Å². The van der Waals surface area contributed by atoms with Crippen molar-refractivity contribution in [3.05, 3.63) is 81.4 Å². The Balaban J connectivity index is 1.52. The van der Waals surface area contributed by atoms with E-state index in [9.17, 15) is 14.7 Å². The zero-order valence-electron chi connectivity index (χ0n) is 20.5. The molecule has 9 nitrogen and oxygen atoms in total. The number of aliphatic hydroxyl groups is 1. The Morgan fingerprint density at radius 2 is 2.14 bits per heavy atom. The second-order valence-corrected chi connectivity index (χ2v) is 9.12. The van der Waals surface area contributed by atoms with Crippen LogP contribution in [0.25, 0.3) is 22.4 Å². The fourth-order valence-electron chi connectivity index (χ4n) is 4.49. The molecule has 1 unspecified atom stereocenters. The Bertz CT molecular complexity index is 1580. The Morgan fingerprint density at radius 1 is 1.30 bits per heavy atom. The van der Waals surface area contributed by atoms with E-state index in [0.29, 0.717) is 28.6 Å². The summed E-state index contributed by atoms with van der Waals surface area (Å²) in [6.45, 7) is 2.28. The predicted octanol–water partition coefficient (Wildman–Crippen LogP) is 3.54. The first-order valence-corrected chi connectivity index (χ1v) is 12.0. The summed E-state index contributed by atoms with van der Waals surface area (Å²) < 4.78 is 30.4. The van der Waals surface area contributed by atoms with E-state index >= 15 is 4.39 Å². The number of pyridine rings is 1. The smallest absolute Gasteiger partial charge is 0.257 e. The number of fused-ring (bicyclic) bond motifs is 1. The van der Waals surface area contributed by atoms with Crippen molar-refractivity contribution in [3.63, 3.8) is 0 Å². The summed E-state index contributed by atoms with van der Waals surface area (Å²) in [4.78, 5) is 25.3. The van der Waals surface area contributed by atoms with Crippen molar-refractivity contribution in [1.29, 1.82) is 0 Å². The lowest BCUT2D eigenvalue weighted by Gasteiger charge is -2.23. The number of benzene rings is 1. The van der Waals surface area contributed by atoms with Crippen LogP contribution in [0.1, 0.15) is 42.1 Å². The first-order chi connectivity index (χ1) is 17.8. The maximum Gasteiger partial charge on any atom is 0.257 e. The van der Waals surface area contributed by atoms with Crippen LogP contribution in [0.3, 0.4) is 0 Å². The number of aliphatic hydroxyl groups excluding tert-OH is 1. The van der Waals surface area contributed by atoms with Crippen LogP contribution in [-0.4, -0.2) is 38.1 Å². The van der Waals surface area contributed by atoms with Gasteiger partial charge >= 0.3 is 0 Å². The number of rotatable bonds is 6. The zero-order chi connectivity index (χ0) is 26.1. The molecular formula is C27H27FN4O5. The second-order valence-electron chi connectivity index (χ2n) is 9.12. The largest absolute Gasteiger partial charge is 0.510 e. The van der Waals surface area contributed by atoms with Crippen LogP contribution in [0, 0.1) is 5.82 Å². The van der Waals surface area contributed by atoms with Crippen LogP contribution in [-0.2, 0) is 23.1 Å². The second kappa shape index (κ2) is 10.2. The Labute approximate surface area is 211 Å². The number of nitrogens with one attached hydrogen (secondary N) is 1. The Kier molecular flexibility index (Phi) is 6.77. The van der Waals surface area contributed by atoms with Gasteiger partial charge in [-0.3, -0.25) is 14.3 Å². The minimum atomic E-state index is -0.628. The molecule has 3 aromatic heterocycles. The molecule has 4 heterocycles. The number of carbonyl (C=O) groups is 1. The zero-order valence-corrected chi connectivity index (χ0v) is 20.5. The van der Waals surface area contributed by atoms with Gasteiger partial charge in [-0.2, -0.15) is 5.10 Å². The topological polar surface area (TPSA) is 107 Å². The van der Waals surface area contributed by atoms with Crippen LogP contribution in [0.2, 0.25) is 0 Å². The minimum absolute atomic E-state index is 0.0261. The van der Waals surface area contributed by atoms with Crippen molar-refractivity contribution in [2.24, 2.45) is 7.05 Å². The molecule has 1 aromatic carbocycles. The van der Waals surface area contributed by atoms with E-state index < -0.39 is 11.7 Å². The molecular weight excluding hydrogens is 479 g/mol. The van der Waals surface area contributed by atoms with E-state index in [1.54, 1.807) is 30.2 Å². The van der Waals surface area contributed by atoms with Crippen molar-refractivity contribution in [2.75, 3.05) is 11.9 Å². The predicted molar refractivity (Wildman–Crippen MR) is 136 cm³/mol. The molecule has 10 heteroatoms. The summed E-state index contributed by atoms with van der Waals surface area (Å²) in [6, 6.07) is 7.29. The fourth-order valence-corrected chi connectivity index (χ4v) is 4.49. The molecule has 1 atom stereocenters. The number of aromatic nitrogens is 3. The third-order valence-electron chi connectivity index (χ3n) is 6.33. The number of halogens is 1. The van der Waals surface area contributed by atoms with Gasteiger partial charge in [-0.1, -0.05) is 0 Å². The summed E-state index contributed by atoms with van der Waals surface area (Å²) >= 11 is 0. The molecule has 1 fully saturated rings. The van der Waals surface area contributed by atoms with Crippen LogP contribution in [0.4, 0.5) is 10.1 Å². The van der Waals surface area contributed by atoms with Gasteiger partial charge in [0, 0.05) is 49.3 Å². The fraction of sp³-hybridized carbons (Fsp3) is 0.296. The highest BCUT2D eigenvalue weighted by molar-refractivity contribution is 6.09.